The molecule has 1 amide bonds. The van der Waals surface area contributed by atoms with Crippen LogP contribution in [0.15, 0.2) is 91.0 Å². The van der Waals surface area contributed by atoms with Crippen LogP contribution >= 0.6 is 0 Å². The van der Waals surface area contributed by atoms with Crippen molar-refractivity contribution in [3.05, 3.63) is 108 Å². The molecule has 1 fully saturated rings. The quantitative estimate of drug-likeness (QED) is 0.416. The number of nitrogens with zero attached hydrogens (tertiary/aromatic N) is 1. The molecule has 0 radical (unpaired) electrons. The Balaban J connectivity index is 1.22. The predicted octanol–water partition coefficient (Wildman–Crippen LogP) is 6.05. The van der Waals surface area contributed by atoms with E-state index in [0.29, 0.717) is 12.3 Å². The highest BCUT2D eigenvalue weighted by atomic mass is 16.5. The zero-order chi connectivity index (χ0) is 22.0. The maximum atomic E-state index is 12.6. The van der Waals surface area contributed by atoms with Crippen molar-refractivity contribution in [2.75, 3.05) is 19.7 Å². The van der Waals surface area contributed by atoms with E-state index in [-0.39, 0.29) is 12.0 Å². The number of ether oxygens (including phenoxy) is 1. The van der Waals surface area contributed by atoms with E-state index in [2.05, 4.69) is 65.6 Å². The molecule has 3 aromatic carbocycles. The number of hydrogen-bond acceptors (Lipinski definition) is 2. The van der Waals surface area contributed by atoms with E-state index in [1.807, 2.05) is 30.3 Å². The Morgan fingerprint density at radius 3 is 1.91 bits per heavy atom. The number of hydrogen-bond donors (Lipinski definition) is 0. The summed E-state index contributed by atoms with van der Waals surface area (Å²) < 4.78 is 6.40. The van der Waals surface area contributed by atoms with Crippen molar-refractivity contribution >= 4 is 5.91 Å². The number of amides is 1. The highest BCUT2D eigenvalue weighted by molar-refractivity contribution is 5.76. The first-order chi connectivity index (χ1) is 15.8. The van der Waals surface area contributed by atoms with Gasteiger partial charge < -0.3 is 9.64 Å². The Morgan fingerprint density at radius 1 is 0.812 bits per heavy atom. The molecular weight excluding hydrogens is 394 g/mol. The molecule has 3 aromatic rings. The van der Waals surface area contributed by atoms with E-state index < -0.39 is 0 Å². The van der Waals surface area contributed by atoms with Crippen LogP contribution in [0.3, 0.4) is 0 Å². The van der Waals surface area contributed by atoms with Crippen LogP contribution in [0.5, 0.6) is 0 Å². The maximum absolute atomic E-state index is 12.6. The van der Waals surface area contributed by atoms with Gasteiger partial charge in [0.05, 0.1) is 0 Å². The van der Waals surface area contributed by atoms with E-state index in [4.69, 9.17) is 4.74 Å². The van der Waals surface area contributed by atoms with Crippen LogP contribution in [-0.2, 0) is 16.0 Å². The SMILES string of the molecule is O=C(CCc1ccccc1)N1CCC(CCOC(c2ccccc2)c2ccccc2)CC1. The van der Waals surface area contributed by atoms with Gasteiger partial charge >= 0.3 is 0 Å². The van der Waals surface area contributed by atoms with Crippen molar-refractivity contribution in [2.45, 2.75) is 38.2 Å². The highest BCUT2D eigenvalue weighted by Crippen LogP contribution is 2.28. The van der Waals surface area contributed by atoms with Gasteiger partial charge in [-0.1, -0.05) is 91.0 Å². The number of likely N-dealkylation sites (tertiary alicyclic amines) is 1. The predicted molar refractivity (Wildman–Crippen MR) is 129 cm³/mol. The number of benzene rings is 3. The lowest BCUT2D eigenvalue weighted by Crippen LogP contribution is -2.38. The van der Waals surface area contributed by atoms with Gasteiger partial charge in [-0.05, 0) is 48.3 Å². The Bertz CT molecular complexity index is 895. The molecule has 0 bridgehead atoms. The minimum absolute atomic E-state index is 0.0305. The lowest BCUT2D eigenvalue weighted by Gasteiger charge is -2.32. The summed E-state index contributed by atoms with van der Waals surface area (Å²) in [5, 5.41) is 0. The topological polar surface area (TPSA) is 29.5 Å². The van der Waals surface area contributed by atoms with Gasteiger partial charge in [0.15, 0.2) is 0 Å². The Kier molecular flexibility index (Phi) is 8.11. The van der Waals surface area contributed by atoms with Gasteiger partial charge in [-0.15, -0.1) is 0 Å². The maximum Gasteiger partial charge on any atom is 0.222 e. The monoisotopic (exact) mass is 427 g/mol. The average Bonchev–Trinajstić information content (AvgIpc) is 2.87. The molecule has 3 heteroatoms. The Hall–Kier alpha value is -2.91. The zero-order valence-electron chi connectivity index (χ0n) is 18.7. The number of piperidine rings is 1. The molecule has 1 saturated heterocycles. The van der Waals surface area contributed by atoms with Gasteiger partial charge in [0, 0.05) is 26.1 Å². The van der Waals surface area contributed by atoms with Crippen LogP contribution in [0.25, 0.3) is 0 Å². The van der Waals surface area contributed by atoms with Crippen molar-refractivity contribution in [1.29, 1.82) is 0 Å². The Labute approximate surface area is 192 Å². The third-order valence-electron chi connectivity index (χ3n) is 6.45. The molecule has 3 nitrogen and oxygen atoms in total. The summed E-state index contributed by atoms with van der Waals surface area (Å²) in [7, 11) is 0. The van der Waals surface area contributed by atoms with Crippen molar-refractivity contribution in [3.8, 4) is 0 Å². The fourth-order valence-corrected chi connectivity index (χ4v) is 4.52. The lowest BCUT2D eigenvalue weighted by molar-refractivity contribution is -0.132. The van der Waals surface area contributed by atoms with Crippen molar-refractivity contribution in [2.24, 2.45) is 5.92 Å². The molecule has 1 aliphatic rings. The standard InChI is InChI=1S/C29H33NO2/c31-28(17-16-24-10-4-1-5-11-24)30-21-18-25(19-22-30)20-23-32-29(26-12-6-2-7-13-26)27-14-8-3-9-15-27/h1-15,25,29H,16-23H2. The van der Waals surface area contributed by atoms with Gasteiger partial charge in [0.25, 0.3) is 0 Å². The van der Waals surface area contributed by atoms with Gasteiger partial charge in [-0.2, -0.15) is 0 Å². The normalized spacial score (nSPS) is 14.6. The second-order valence-electron chi connectivity index (χ2n) is 8.67. The molecule has 0 N–H and O–H groups in total. The number of carbonyl (C=O) groups is 1. The molecule has 0 spiro atoms. The fourth-order valence-electron chi connectivity index (χ4n) is 4.52. The third kappa shape index (κ3) is 6.30. The molecule has 166 valence electrons. The van der Waals surface area contributed by atoms with E-state index >= 15 is 0 Å². The Morgan fingerprint density at radius 2 is 1.34 bits per heavy atom. The molecule has 0 unspecified atom stereocenters. The summed E-state index contributed by atoms with van der Waals surface area (Å²) in [6.45, 7) is 2.49. The van der Waals surface area contributed by atoms with Crippen molar-refractivity contribution < 1.29 is 9.53 Å². The zero-order valence-corrected chi connectivity index (χ0v) is 18.7. The van der Waals surface area contributed by atoms with E-state index in [0.717, 1.165) is 45.4 Å². The van der Waals surface area contributed by atoms with E-state index in [9.17, 15) is 4.79 Å². The molecular formula is C29H33NO2. The summed E-state index contributed by atoms with van der Waals surface area (Å²) >= 11 is 0. The van der Waals surface area contributed by atoms with Crippen LogP contribution in [0.1, 0.15) is 48.5 Å². The van der Waals surface area contributed by atoms with Crippen LogP contribution in [0, 0.1) is 5.92 Å². The average molecular weight is 428 g/mol. The van der Waals surface area contributed by atoms with Gasteiger partial charge in [-0.25, -0.2) is 0 Å². The lowest BCUT2D eigenvalue weighted by atomic mass is 9.93. The van der Waals surface area contributed by atoms with Gasteiger partial charge in [0.1, 0.15) is 6.10 Å². The summed E-state index contributed by atoms with van der Waals surface area (Å²) in [5.74, 6) is 0.914. The first-order valence-electron chi connectivity index (χ1n) is 11.8. The fraction of sp³-hybridized carbons (Fsp3) is 0.345. The second kappa shape index (κ2) is 11.6. The highest BCUT2D eigenvalue weighted by Gasteiger charge is 2.23. The van der Waals surface area contributed by atoms with Crippen molar-refractivity contribution in [1.82, 2.24) is 4.90 Å². The number of carbonyl (C=O) groups excluding carboxylic acids is 1. The minimum Gasteiger partial charge on any atom is -0.369 e. The molecule has 1 aliphatic heterocycles. The molecule has 1 heterocycles. The van der Waals surface area contributed by atoms with Crippen LogP contribution in [0.2, 0.25) is 0 Å². The van der Waals surface area contributed by atoms with Crippen molar-refractivity contribution in [3.63, 3.8) is 0 Å². The molecule has 0 atom stereocenters. The van der Waals surface area contributed by atoms with Crippen LogP contribution in [-0.4, -0.2) is 30.5 Å². The van der Waals surface area contributed by atoms with Gasteiger partial charge in [-0.3, -0.25) is 4.79 Å². The summed E-state index contributed by atoms with van der Waals surface area (Å²) in [6, 6.07) is 31.2. The molecule has 0 saturated carbocycles. The largest absolute Gasteiger partial charge is 0.369 e. The van der Waals surface area contributed by atoms with Gasteiger partial charge in [0.2, 0.25) is 5.91 Å². The summed E-state index contributed by atoms with van der Waals surface area (Å²) in [4.78, 5) is 14.6. The summed E-state index contributed by atoms with van der Waals surface area (Å²) in [6.07, 6.45) is 4.59. The molecule has 4 rings (SSSR count). The third-order valence-corrected chi connectivity index (χ3v) is 6.45. The second-order valence-corrected chi connectivity index (χ2v) is 8.67. The first-order valence-corrected chi connectivity index (χ1v) is 11.8. The number of aryl methyl sites for hydroxylation is 1. The molecule has 0 aromatic heterocycles. The van der Waals surface area contributed by atoms with Crippen LogP contribution < -0.4 is 0 Å². The molecule has 32 heavy (non-hydrogen) atoms. The molecule has 0 aliphatic carbocycles. The van der Waals surface area contributed by atoms with E-state index in [1.54, 1.807) is 0 Å². The first kappa shape index (κ1) is 22.3. The van der Waals surface area contributed by atoms with E-state index in [1.165, 1.54) is 16.7 Å². The minimum atomic E-state index is -0.0305. The summed E-state index contributed by atoms with van der Waals surface area (Å²) in [5.41, 5.74) is 3.62. The smallest absolute Gasteiger partial charge is 0.222 e. The number of rotatable bonds is 9. The van der Waals surface area contributed by atoms with Crippen LogP contribution in [0.4, 0.5) is 0 Å².